The third kappa shape index (κ3) is 1.09. The Morgan fingerprint density at radius 1 is 1.31 bits per heavy atom. The maximum Gasteiger partial charge on any atom is 0.241 e. The van der Waals surface area contributed by atoms with E-state index in [0.29, 0.717) is 11.5 Å². The first-order chi connectivity index (χ1) is 6.20. The Bertz CT molecular complexity index is 430. The summed E-state index contributed by atoms with van der Waals surface area (Å²) >= 11 is 1.45. The summed E-state index contributed by atoms with van der Waals surface area (Å²) in [6, 6.07) is 1.78. The summed E-state index contributed by atoms with van der Waals surface area (Å²) in [4.78, 5) is 0.784. The lowest BCUT2D eigenvalue weighted by molar-refractivity contribution is 1.03. The first kappa shape index (κ1) is 7.87. The lowest BCUT2D eigenvalue weighted by atomic mass is 10.4. The second kappa shape index (κ2) is 2.63. The lowest BCUT2D eigenvalue weighted by Gasteiger charge is -1.98. The van der Waals surface area contributed by atoms with E-state index in [0.717, 1.165) is 4.88 Å². The average Bonchev–Trinajstić information content (AvgIpc) is 2.62. The van der Waals surface area contributed by atoms with Gasteiger partial charge in [0.15, 0.2) is 5.82 Å². The molecule has 6 N–H and O–H groups in total. The first-order valence-electron chi connectivity index (χ1n) is 3.49. The van der Waals surface area contributed by atoms with Crippen molar-refractivity contribution >= 4 is 23.0 Å². The van der Waals surface area contributed by atoms with Crippen LogP contribution in [0, 0.1) is 0 Å². The molecule has 13 heavy (non-hydrogen) atoms. The molecule has 0 atom stereocenters. The van der Waals surface area contributed by atoms with Gasteiger partial charge in [-0.15, -0.1) is 21.5 Å². The Morgan fingerprint density at radius 2 is 2.08 bits per heavy atom. The largest absolute Gasteiger partial charge is 0.397 e. The highest BCUT2D eigenvalue weighted by Gasteiger charge is 2.12. The minimum absolute atomic E-state index is 0.169. The Labute approximate surface area is 77.9 Å². The zero-order chi connectivity index (χ0) is 9.42. The number of rotatable bonds is 1. The summed E-state index contributed by atoms with van der Waals surface area (Å²) in [5.41, 5.74) is 11.7. The summed E-state index contributed by atoms with van der Waals surface area (Å²) in [7, 11) is 0. The van der Waals surface area contributed by atoms with Crippen molar-refractivity contribution in [2.24, 2.45) is 0 Å². The second-order valence-corrected chi connectivity index (χ2v) is 3.37. The minimum Gasteiger partial charge on any atom is -0.397 e. The van der Waals surface area contributed by atoms with Crippen LogP contribution in [0.3, 0.4) is 0 Å². The molecule has 2 rings (SSSR count). The van der Waals surface area contributed by atoms with E-state index in [9.17, 15) is 0 Å². The summed E-state index contributed by atoms with van der Waals surface area (Å²) in [6.07, 6.45) is 0. The number of nitrogens with zero attached hydrogens (tertiary/aromatic N) is 3. The number of anilines is 2. The van der Waals surface area contributed by atoms with Gasteiger partial charge >= 0.3 is 0 Å². The van der Waals surface area contributed by atoms with Gasteiger partial charge in [-0.25, -0.2) is 4.68 Å². The van der Waals surface area contributed by atoms with Crippen LogP contribution < -0.4 is 17.3 Å². The van der Waals surface area contributed by atoms with Crippen LogP contribution in [-0.2, 0) is 0 Å². The summed E-state index contributed by atoms with van der Waals surface area (Å²) in [6.45, 7) is 0. The third-order valence-corrected chi connectivity index (χ3v) is 2.55. The molecule has 0 spiro atoms. The first-order valence-corrected chi connectivity index (χ1v) is 4.37. The maximum atomic E-state index is 5.68. The SMILES string of the molecule is Nc1ccsc1-c1nnc(N)n1N. The van der Waals surface area contributed by atoms with E-state index < -0.39 is 0 Å². The highest BCUT2D eigenvalue weighted by atomic mass is 32.1. The predicted octanol–water partition coefficient (Wildman–Crippen LogP) is -0.115. The van der Waals surface area contributed by atoms with Crippen molar-refractivity contribution in [3.8, 4) is 10.7 Å². The van der Waals surface area contributed by atoms with Crippen LogP contribution in [0.1, 0.15) is 0 Å². The third-order valence-electron chi connectivity index (χ3n) is 1.62. The molecule has 0 aromatic carbocycles. The quantitative estimate of drug-likeness (QED) is 0.551. The molecular weight excluding hydrogens is 188 g/mol. The van der Waals surface area contributed by atoms with Gasteiger partial charge in [0.1, 0.15) is 0 Å². The molecule has 2 aromatic heterocycles. The molecule has 0 fully saturated rings. The number of hydrogen-bond acceptors (Lipinski definition) is 6. The monoisotopic (exact) mass is 196 g/mol. The molecule has 6 nitrogen and oxygen atoms in total. The summed E-state index contributed by atoms with van der Waals surface area (Å²) < 4.78 is 1.21. The van der Waals surface area contributed by atoms with Crippen molar-refractivity contribution in [1.82, 2.24) is 14.9 Å². The Hall–Kier alpha value is -1.76. The maximum absolute atomic E-state index is 5.68. The number of hydrogen-bond donors (Lipinski definition) is 3. The van der Waals surface area contributed by atoms with Gasteiger partial charge in [0.25, 0.3) is 0 Å². The van der Waals surface area contributed by atoms with Crippen molar-refractivity contribution in [3.05, 3.63) is 11.4 Å². The van der Waals surface area contributed by atoms with E-state index in [1.165, 1.54) is 16.0 Å². The molecule has 0 aliphatic carbocycles. The average molecular weight is 196 g/mol. The van der Waals surface area contributed by atoms with Crippen molar-refractivity contribution in [1.29, 1.82) is 0 Å². The van der Waals surface area contributed by atoms with Gasteiger partial charge in [-0.2, -0.15) is 0 Å². The van der Waals surface area contributed by atoms with Crippen molar-refractivity contribution in [2.45, 2.75) is 0 Å². The summed E-state index contributed by atoms with van der Waals surface area (Å²) in [5.74, 6) is 6.24. The molecule has 7 heteroatoms. The van der Waals surface area contributed by atoms with E-state index in [-0.39, 0.29) is 5.95 Å². The van der Waals surface area contributed by atoms with Crippen LogP contribution in [0.2, 0.25) is 0 Å². The van der Waals surface area contributed by atoms with E-state index in [2.05, 4.69) is 10.2 Å². The number of nitrogen functional groups attached to an aromatic ring is 3. The van der Waals surface area contributed by atoms with Crippen LogP contribution >= 0.6 is 11.3 Å². The molecule has 2 aromatic rings. The second-order valence-electron chi connectivity index (χ2n) is 2.46. The zero-order valence-electron chi connectivity index (χ0n) is 6.64. The van der Waals surface area contributed by atoms with Gasteiger partial charge in [0, 0.05) is 0 Å². The van der Waals surface area contributed by atoms with E-state index in [1.807, 2.05) is 5.38 Å². The molecule has 0 aliphatic heterocycles. The number of nitrogens with two attached hydrogens (primary N) is 3. The predicted molar refractivity (Wildman–Crippen MR) is 52.3 cm³/mol. The standard InChI is InChI=1S/C6H8N6S/c7-3-1-2-13-4(3)5-10-11-6(8)12(5)9/h1-2H,7,9H2,(H2,8,11). The molecule has 0 amide bonds. The molecule has 0 radical (unpaired) electrons. The van der Waals surface area contributed by atoms with Crippen molar-refractivity contribution in [2.75, 3.05) is 17.3 Å². The number of aromatic nitrogens is 3. The zero-order valence-corrected chi connectivity index (χ0v) is 7.45. The van der Waals surface area contributed by atoms with Gasteiger partial charge in [0.2, 0.25) is 5.95 Å². The van der Waals surface area contributed by atoms with Crippen molar-refractivity contribution < 1.29 is 0 Å². The molecule has 2 heterocycles. The number of thiophene rings is 1. The van der Waals surface area contributed by atoms with Crippen LogP contribution in [0.5, 0.6) is 0 Å². The van der Waals surface area contributed by atoms with Crippen LogP contribution in [-0.4, -0.2) is 14.9 Å². The fraction of sp³-hybridized carbons (Fsp3) is 0. The molecule has 0 unspecified atom stereocenters. The van der Waals surface area contributed by atoms with E-state index >= 15 is 0 Å². The van der Waals surface area contributed by atoms with Gasteiger partial charge in [-0.05, 0) is 11.4 Å². The molecule has 0 bridgehead atoms. The van der Waals surface area contributed by atoms with Gasteiger partial charge in [0.05, 0.1) is 10.6 Å². The molecule has 0 aliphatic rings. The van der Waals surface area contributed by atoms with Crippen LogP contribution in [0.4, 0.5) is 11.6 Å². The minimum atomic E-state index is 0.169. The molecular formula is C6H8N6S. The molecule has 0 saturated carbocycles. The highest BCUT2D eigenvalue weighted by Crippen LogP contribution is 2.29. The van der Waals surface area contributed by atoms with Gasteiger partial charge in [-0.3, -0.25) is 0 Å². The fourth-order valence-electron chi connectivity index (χ4n) is 0.959. The lowest BCUT2D eigenvalue weighted by Crippen LogP contribution is -2.13. The topological polar surface area (TPSA) is 109 Å². The Balaban J connectivity index is 2.59. The van der Waals surface area contributed by atoms with E-state index in [4.69, 9.17) is 17.3 Å². The highest BCUT2D eigenvalue weighted by molar-refractivity contribution is 7.14. The van der Waals surface area contributed by atoms with Crippen LogP contribution in [0.15, 0.2) is 11.4 Å². The smallest absolute Gasteiger partial charge is 0.241 e. The molecule has 0 saturated heterocycles. The van der Waals surface area contributed by atoms with Crippen LogP contribution in [0.25, 0.3) is 10.7 Å². The van der Waals surface area contributed by atoms with E-state index in [1.54, 1.807) is 6.07 Å². The van der Waals surface area contributed by atoms with Crippen molar-refractivity contribution in [3.63, 3.8) is 0 Å². The Kier molecular flexibility index (Phi) is 1.59. The fourth-order valence-corrected chi connectivity index (χ4v) is 1.76. The van der Waals surface area contributed by atoms with Gasteiger partial charge in [-0.1, -0.05) is 0 Å². The molecule has 68 valence electrons. The normalized spacial score (nSPS) is 10.5. The van der Waals surface area contributed by atoms with Gasteiger partial charge < -0.3 is 17.3 Å². The summed E-state index contributed by atoms with van der Waals surface area (Å²) in [5, 5.41) is 9.30. The Morgan fingerprint density at radius 3 is 2.54 bits per heavy atom.